The van der Waals surface area contributed by atoms with Gasteiger partial charge in [-0.2, -0.15) is 13.2 Å². The fraction of sp³-hybridized carbons (Fsp3) is 0.333. The standard InChI is InChI=1S/C21H20ClF3N2O3/c22-17-3-1-2-4-18(17)27-11-16(9-19(27)28)20(29)26-10-14-5-7-15(8-6-14)12-30-13-21(23,24)25/h1-8,16H,9-13H2,(H,26,29). The lowest BCUT2D eigenvalue weighted by Crippen LogP contribution is -2.32. The molecule has 5 nitrogen and oxygen atoms in total. The molecule has 3 rings (SSSR count). The highest BCUT2D eigenvalue weighted by Crippen LogP contribution is 2.31. The first-order valence-corrected chi connectivity index (χ1v) is 9.65. The summed E-state index contributed by atoms with van der Waals surface area (Å²) >= 11 is 6.15. The number of carbonyl (C=O) groups excluding carboxylic acids is 2. The maximum Gasteiger partial charge on any atom is 0.411 e. The van der Waals surface area contributed by atoms with Crippen LogP contribution < -0.4 is 10.2 Å². The summed E-state index contributed by atoms with van der Waals surface area (Å²) in [4.78, 5) is 26.3. The lowest BCUT2D eigenvalue weighted by molar-refractivity contribution is -0.176. The molecule has 1 saturated heterocycles. The van der Waals surface area contributed by atoms with Gasteiger partial charge in [-0.05, 0) is 23.3 Å². The first-order chi connectivity index (χ1) is 14.2. The average molecular weight is 441 g/mol. The van der Waals surface area contributed by atoms with Crippen LogP contribution in [0.4, 0.5) is 18.9 Å². The second-order valence-corrected chi connectivity index (χ2v) is 7.41. The van der Waals surface area contributed by atoms with Gasteiger partial charge in [-0.15, -0.1) is 0 Å². The van der Waals surface area contributed by atoms with Crippen LogP contribution >= 0.6 is 11.6 Å². The number of benzene rings is 2. The fourth-order valence-corrected chi connectivity index (χ4v) is 3.40. The van der Waals surface area contributed by atoms with Crippen LogP contribution in [0.25, 0.3) is 0 Å². The van der Waals surface area contributed by atoms with Crippen molar-refractivity contribution in [1.82, 2.24) is 5.32 Å². The van der Waals surface area contributed by atoms with Gasteiger partial charge in [-0.3, -0.25) is 9.59 Å². The van der Waals surface area contributed by atoms with Crippen molar-refractivity contribution in [2.24, 2.45) is 5.92 Å². The largest absolute Gasteiger partial charge is 0.411 e. The van der Waals surface area contributed by atoms with Gasteiger partial charge in [0.1, 0.15) is 6.61 Å². The molecule has 0 radical (unpaired) electrons. The third-order valence-electron chi connectivity index (χ3n) is 4.66. The van der Waals surface area contributed by atoms with Gasteiger partial charge in [0.2, 0.25) is 11.8 Å². The lowest BCUT2D eigenvalue weighted by Gasteiger charge is -2.18. The van der Waals surface area contributed by atoms with Crippen LogP contribution in [0, 0.1) is 5.92 Å². The Labute approximate surface area is 176 Å². The highest BCUT2D eigenvalue weighted by molar-refractivity contribution is 6.33. The summed E-state index contributed by atoms with van der Waals surface area (Å²) in [6, 6.07) is 13.7. The SMILES string of the molecule is O=C(NCc1ccc(COCC(F)(F)F)cc1)C1CC(=O)N(c2ccccc2Cl)C1. The molecule has 1 atom stereocenters. The normalized spacial score (nSPS) is 16.7. The highest BCUT2D eigenvalue weighted by Gasteiger charge is 2.35. The topological polar surface area (TPSA) is 58.6 Å². The van der Waals surface area contributed by atoms with Gasteiger partial charge in [0.05, 0.1) is 23.2 Å². The molecule has 160 valence electrons. The van der Waals surface area contributed by atoms with Crippen LogP contribution in [-0.4, -0.2) is 31.1 Å². The molecular weight excluding hydrogens is 421 g/mol. The molecule has 2 aromatic carbocycles. The molecule has 1 aliphatic rings. The van der Waals surface area contributed by atoms with Crippen molar-refractivity contribution in [3.63, 3.8) is 0 Å². The van der Waals surface area contributed by atoms with Gasteiger partial charge in [0.25, 0.3) is 0 Å². The van der Waals surface area contributed by atoms with Crippen molar-refractivity contribution in [3.05, 3.63) is 64.7 Å². The summed E-state index contributed by atoms with van der Waals surface area (Å²) in [7, 11) is 0. The number of hydrogen-bond donors (Lipinski definition) is 1. The van der Waals surface area contributed by atoms with Crippen LogP contribution in [0.15, 0.2) is 48.5 Å². The first-order valence-electron chi connectivity index (χ1n) is 9.28. The van der Waals surface area contributed by atoms with E-state index in [0.717, 1.165) is 5.56 Å². The maximum atomic E-state index is 12.5. The number of ether oxygens (including phenoxy) is 1. The molecule has 1 unspecified atom stereocenters. The number of halogens is 4. The lowest BCUT2D eigenvalue weighted by atomic mass is 10.1. The van der Waals surface area contributed by atoms with Gasteiger partial charge in [0.15, 0.2) is 0 Å². The van der Waals surface area contributed by atoms with E-state index >= 15 is 0 Å². The number of anilines is 1. The van der Waals surface area contributed by atoms with E-state index in [4.69, 9.17) is 11.6 Å². The molecule has 0 aliphatic carbocycles. The van der Waals surface area contributed by atoms with Crippen molar-refractivity contribution in [2.75, 3.05) is 18.1 Å². The molecule has 1 N–H and O–H groups in total. The number of alkyl halides is 3. The second-order valence-electron chi connectivity index (χ2n) is 7.00. The van der Waals surface area contributed by atoms with Gasteiger partial charge in [-0.25, -0.2) is 0 Å². The monoisotopic (exact) mass is 440 g/mol. The Bertz CT molecular complexity index is 903. The van der Waals surface area contributed by atoms with Crippen molar-refractivity contribution >= 4 is 29.1 Å². The molecular formula is C21H20ClF3N2O3. The van der Waals surface area contributed by atoms with E-state index in [0.29, 0.717) is 16.3 Å². The molecule has 2 amide bonds. The third-order valence-corrected chi connectivity index (χ3v) is 4.98. The minimum atomic E-state index is -4.35. The number of nitrogens with one attached hydrogen (secondary N) is 1. The van der Waals surface area contributed by atoms with Gasteiger partial charge < -0.3 is 15.0 Å². The van der Waals surface area contributed by atoms with Gasteiger partial charge >= 0.3 is 6.18 Å². The van der Waals surface area contributed by atoms with E-state index < -0.39 is 18.7 Å². The predicted octanol–water partition coefficient (Wildman–Crippen LogP) is 4.09. The third kappa shape index (κ3) is 5.96. The Morgan fingerprint density at radius 1 is 1.13 bits per heavy atom. The molecule has 0 spiro atoms. The first kappa shape index (κ1) is 22.1. The number of nitrogens with zero attached hydrogens (tertiary/aromatic N) is 1. The van der Waals surface area contributed by atoms with E-state index in [1.165, 1.54) is 4.90 Å². The van der Waals surface area contributed by atoms with Crippen LogP contribution in [0.2, 0.25) is 5.02 Å². The number of para-hydroxylation sites is 1. The Hall–Kier alpha value is -2.58. The van der Waals surface area contributed by atoms with Crippen molar-refractivity contribution in [1.29, 1.82) is 0 Å². The molecule has 1 fully saturated rings. The number of amides is 2. The molecule has 0 bridgehead atoms. The molecule has 1 aliphatic heterocycles. The van der Waals surface area contributed by atoms with Crippen LogP contribution in [0.1, 0.15) is 17.5 Å². The van der Waals surface area contributed by atoms with E-state index in [2.05, 4.69) is 10.1 Å². The van der Waals surface area contributed by atoms with Crippen molar-refractivity contribution < 1.29 is 27.5 Å². The minimum Gasteiger partial charge on any atom is -0.367 e. The summed E-state index contributed by atoms with van der Waals surface area (Å²) in [6.07, 6.45) is -4.25. The molecule has 0 saturated carbocycles. The van der Waals surface area contributed by atoms with Gasteiger partial charge in [0, 0.05) is 19.5 Å². The van der Waals surface area contributed by atoms with Crippen LogP contribution in [0.5, 0.6) is 0 Å². The average Bonchev–Trinajstić information content (AvgIpc) is 3.08. The summed E-state index contributed by atoms with van der Waals surface area (Å²) in [5.74, 6) is -0.884. The van der Waals surface area contributed by atoms with E-state index in [1.54, 1.807) is 48.5 Å². The summed E-state index contributed by atoms with van der Waals surface area (Å²) in [6.45, 7) is -0.937. The molecule has 1 heterocycles. The zero-order valence-corrected chi connectivity index (χ0v) is 16.7. The van der Waals surface area contributed by atoms with Crippen molar-refractivity contribution in [3.8, 4) is 0 Å². The number of carbonyl (C=O) groups is 2. The molecule has 30 heavy (non-hydrogen) atoms. The van der Waals surface area contributed by atoms with E-state index in [9.17, 15) is 22.8 Å². The zero-order chi connectivity index (χ0) is 21.7. The minimum absolute atomic E-state index is 0.104. The predicted molar refractivity (Wildman–Crippen MR) is 106 cm³/mol. The maximum absolute atomic E-state index is 12.5. The van der Waals surface area contributed by atoms with Crippen LogP contribution in [-0.2, 0) is 27.5 Å². The molecule has 0 aromatic heterocycles. The molecule has 2 aromatic rings. The Balaban J connectivity index is 1.49. The summed E-state index contributed by atoms with van der Waals surface area (Å²) in [5.41, 5.74) is 1.98. The number of hydrogen-bond acceptors (Lipinski definition) is 3. The summed E-state index contributed by atoms with van der Waals surface area (Å²) in [5, 5.41) is 3.25. The Morgan fingerprint density at radius 3 is 2.47 bits per heavy atom. The Kier molecular flexibility index (Phi) is 6.99. The van der Waals surface area contributed by atoms with Crippen molar-refractivity contribution in [2.45, 2.75) is 25.7 Å². The second kappa shape index (κ2) is 9.49. The quantitative estimate of drug-likeness (QED) is 0.705. The number of rotatable bonds is 7. The highest BCUT2D eigenvalue weighted by atomic mass is 35.5. The fourth-order valence-electron chi connectivity index (χ4n) is 3.16. The zero-order valence-electron chi connectivity index (χ0n) is 15.9. The molecule has 9 heteroatoms. The smallest absolute Gasteiger partial charge is 0.367 e. The summed E-state index contributed by atoms with van der Waals surface area (Å²) < 4.78 is 40.9. The van der Waals surface area contributed by atoms with E-state index in [-0.39, 0.29) is 37.9 Å². The van der Waals surface area contributed by atoms with Gasteiger partial charge in [-0.1, -0.05) is 48.0 Å². The Morgan fingerprint density at radius 2 is 1.80 bits per heavy atom. The van der Waals surface area contributed by atoms with E-state index in [1.807, 2.05) is 0 Å². The van der Waals surface area contributed by atoms with Crippen LogP contribution in [0.3, 0.4) is 0 Å².